The number of carbonyl (C=O) groups excluding carboxylic acids is 2. The van der Waals surface area contributed by atoms with Crippen LogP contribution < -0.4 is 20.9 Å². The van der Waals surface area contributed by atoms with Gasteiger partial charge in [-0.25, -0.2) is 5.84 Å². The van der Waals surface area contributed by atoms with E-state index in [1.165, 1.54) is 4.90 Å². The minimum atomic E-state index is -0.408. The molecule has 2 rings (SSSR count). The van der Waals surface area contributed by atoms with Gasteiger partial charge in [0.05, 0.1) is 5.69 Å². The first kappa shape index (κ1) is 10.4. The second-order valence-electron chi connectivity index (χ2n) is 3.40. The van der Waals surface area contributed by atoms with Crippen LogP contribution in [0.3, 0.4) is 0 Å². The minimum Gasteiger partial charge on any atom is -0.482 e. The lowest BCUT2D eigenvalue weighted by Crippen LogP contribution is -2.36. The second kappa shape index (κ2) is 3.82. The van der Waals surface area contributed by atoms with Crippen LogP contribution >= 0.6 is 0 Å². The molecule has 0 radical (unpaired) electrons. The Morgan fingerprint density at radius 2 is 2.31 bits per heavy atom. The first-order valence-electron chi connectivity index (χ1n) is 4.68. The molecule has 1 aliphatic rings. The van der Waals surface area contributed by atoms with Crippen LogP contribution in [0.25, 0.3) is 0 Å². The maximum absolute atomic E-state index is 11.4. The number of carbonyl (C=O) groups is 2. The van der Waals surface area contributed by atoms with E-state index in [-0.39, 0.29) is 12.5 Å². The Morgan fingerprint density at radius 3 is 3.00 bits per heavy atom. The van der Waals surface area contributed by atoms with Crippen LogP contribution in [0, 0.1) is 0 Å². The van der Waals surface area contributed by atoms with Crippen LogP contribution in [-0.2, 0) is 4.79 Å². The fourth-order valence-electron chi connectivity index (χ4n) is 1.50. The van der Waals surface area contributed by atoms with E-state index in [0.29, 0.717) is 17.0 Å². The van der Waals surface area contributed by atoms with E-state index < -0.39 is 5.91 Å². The highest BCUT2D eigenvalue weighted by atomic mass is 16.5. The Bertz CT molecular complexity index is 459. The zero-order valence-corrected chi connectivity index (χ0v) is 8.69. The third kappa shape index (κ3) is 1.59. The van der Waals surface area contributed by atoms with Crippen molar-refractivity contribution in [2.24, 2.45) is 5.84 Å². The number of ether oxygens (including phenoxy) is 1. The molecule has 3 N–H and O–H groups in total. The van der Waals surface area contributed by atoms with Gasteiger partial charge in [0, 0.05) is 12.6 Å². The van der Waals surface area contributed by atoms with Gasteiger partial charge in [-0.3, -0.25) is 15.0 Å². The first-order chi connectivity index (χ1) is 7.63. The molecular weight excluding hydrogens is 210 g/mol. The van der Waals surface area contributed by atoms with Gasteiger partial charge in [-0.05, 0) is 18.2 Å². The predicted molar refractivity (Wildman–Crippen MR) is 57.0 cm³/mol. The number of nitrogen functional groups attached to an aromatic ring is 1. The zero-order chi connectivity index (χ0) is 11.7. The average molecular weight is 221 g/mol. The van der Waals surface area contributed by atoms with E-state index in [1.807, 2.05) is 5.43 Å². The Hall–Kier alpha value is -2.08. The average Bonchev–Trinajstić information content (AvgIpc) is 2.32. The molecular formula is C10H11N3O3. The van der Waals surface area contributed by atoms with Crippen LogP contribution in [0.1, 0.15) is 10.4 Å². The number of likely N-dealkylation sites (N-methyl/N-ethyl adjacent to an activating group) is 1. The fraction of sp³-hybridized carbons (Fsp3) is 0.200. The molecule has 0 spiro atoms. The lowest BCUT2D eigenvalue weighted by Gasteiger charge is -2.26. The number of nitrogens with one attached hydrogen (secondary N) is 1. The molecule has 6 heteroatoms. The third-order valence-electron chi connectivity index (χ3n) is 2.44. The van der Waals surface area contributed by atoms with Crippen molar-refractivity contribution in [3.8, 4) is 5.75 Å². The molecule has 16 heavy (non-hydrogen) atoms. The molecule has 1 aliphatic heterocycles. The minimum absolute atomic E-state index is 0.0198. The van der Waals surface area contributed by atoms with Gasteiger partial charge in [0.15, 0.2) is 6.61 Å². The second-order valence-corrected chi connectivity index (χ2v) is 3.40. The van der Waals surface area contributed by atoms with Crippen LogP contribution in [0.15, 0.2) is 18.2 Å². The van der Waals surface area contributed by atoms with Gasteiger partial charge in [-0.15, -0.1) is 0 Å². The van der Waals surface area contributed by atoms with E-state index in [0.717, 1.165) is 0 Å². The molecule has 1 aromatic carbocycles. The van der Waals surface area contributed by atoms with Crippen molar-refractivity contribution in [2.75, 3.05) is 18.6 Å². The molecule has 1 aromatic rings. The Balaban J connectivity index is 2.44. The number of anilines is 1. The van der Waals surface area contributed by atoms with Gasteiger partial charge in [0.2, 0.25) is 0 Å². The van der Waals surface area contributed by atoms with Gasteiger partial charge in [0.1, 0.15) is 5.75 Å². The largest absolute Gasteiger partial charge is 0.482 e. The third-order valence-corrected chi connectivity index (χ3v) is 2.44. The van der Waals surface area contributed by atoms with Crippen molar-refractivity contribution in [1.29, 1.82) is 0 Å². The van der Waals surface area contributed by atoms with Crippen molar-refractivity contribution >= 4 is 17.5 Å². The summed E-state index contributed by atoms with van der Waals surface area (Å²) in [4.78, 5) is 24.1. The molecule has 0 aromatic heterocycles. The number of hydrogen-bond donors (Lipinski definition) is 2. The molecule has 0 atom stereocenters. The number of hydrogen-bond acceptors (Lipinski definition) is 4. The Kier molecular flexibility index (Phi) is 2.49. The molecule has 0 fully saturated rings. The highest BCUT2D eigenvalue weighted by Crippen LogP contribution is 2.31. The maximum Gasteiger partial charge on any atom is 0.265 e. The van der Waals surface area contributed by atoms with Gasteiger partial charge >= 0.3 is 0 Å². The highest BCUT2D eigenvalue weighted by Gasteiger charge is 2.23. The number of benzene rings is 1. The summed E-state index contributed by atoms with van der Waals surface area (Å²) in [7, 11) is 1.63. The summed E-state index contributed by atoms with van der Waals surface area (Å²) in [6.45, 7) is 0.0198. The van der Waals surface area contributed by atoms with Crippen LogP contribution in [0.4, 0.5) is 5.69 Å². The highest BCUT2D eigenvalue weighted by molar-refractivity contribution is 6.00. The lowest BCUT2D eigenvalue weighted by atomic mass is 10.1. The van der Waals surface area contributed by atoms with E-state index >= 15 is 0 Å². The van der Waals surface area contributed by atoms with Crippen molar-refractivity contribution < 1.29 is 14.3 Å². The summed E-state index contributed by atoms with van der Waals surface area (Å²) < 4.78 is 5.22. The first-order valence-corrected chi connectivity index (χ1v) is 4.68. The monoisotopic (exact) mass is 221 g/mol. The Morgan fingerprint density at radius 1 is 1.56 bits per heavy atom. The van der Waals surface area contributed by atoms with Gasteiger partial charge in [-0.1, -0.05) is 0 Å². The smallest absolute Gasteiger partial charge is 0.265 e. The zero-order valence-electron chi connectivity index (χ0n) is 8.69. The number of amides is 2. The molecule has 0 saturated carbocycles. The fourth-order valence-corrected chi connectivity index (χ4v) is 1.50. The van der Waals surface area contributed by atoms with Gasteiger partial charge < -0.3 is 9.64 Å². The topological polar surface area (TPSA) is 84.7 Å². The quantitative estimate of drug-likeness (QED) is 0.385. The molecule has 6 nitrogen and oxygen atoms in total. The summed E-state index contributed by atoms with van der Waals surface area (Å²) >= 11 is 0. The van der Waals surface area contributed by atoms with Crippen LogP contribution in [0.2, 0.25) is 0 Å². The normalized spacial score (nSPS) is 14.1. The van der Waals surface area contributed by atoms with Gasteiger partial charge in [0.25, 0.3) is 11.8 Å². The van der Waals surface area contributed by atoms with E-state index in [4.69, 9.17) is 10.6 Å². The number of nitrogens with two attached hydrogens (primary N) is 1. The van der Waals surface area contributed by atoms with Gasteiger partial charge in [-0.2, -0.15) is 0 Å². The summed E-state index contributed by atoms with van der Waals surface area (Å²) in [5.74, 6) is 5.05. The number of fused-ring (bicyclic) bond motifs is 1. The molecule has 84 valence electrons. The summed E-state index contributed by atoms with van der Waals surface area (Å²) in [5, 5.41) is 0. The standard InChI is InChI=1S/C10H11N3O3/c1-13-7-4-6(10(15)12-11)2-3-8(7)16-5-9(13)14/h2-4H,5,11H2,1H3,(H,12,15). The maximum atomic E-state index is 11.4. The molecule has 0 aliphatic carbocycles. The molecule has 0 bridgehead atoms. The summed E-state index contributed by atoms with van der Waals surface area (Å²) in [6, 6.07) is 4.79. The van der Waals surface area contributed by atoms with Crippen molar-refractivity contribution in [3.63, 3.8) is 0 Å². The van der Waals surface area contributed by atoms with Crippen LogP contribution in [0.5, 0.6) is 5.75 Å². The van der Waals surface area contributed by atoms with Crippen LogP contribution in [-0.4, -0.2) is 25.5 Å². The number of hydrazine groups is 1. The molecule has 2 amide bonds. The number of rotatable bonds is 1. The van der Waals surface area contributed by atoms with E-state index in [9.17, 15) is 9.59 Å². The summed E-state index contributed by atoms with van der Waals surface area (Å²) in [5.41, 5.74) is 2.98. The molecule has 0 saturated heterocycles. The van der Waals surface area contributed by atoms with E-state index in [2.05, 4.69) is 0 Å². The summed E-state index contributed by atoms with van der Waals surface area (Å²) in [6.07, 6.45) is 0. The molecule has 0 unspecified atom stereocenters. The van der Waals surface area contributed by atoms with Crippen molar-refractivity contribution in [2.45, 2.75) is 0 Å². The lowest BCUT2D eigenvalue weighted by molar-refractivity contribution is -0.120. The SMILES string of the molecule is CN1C(=O)COc2ccc(C(=O)NN)cc21. The van der Waals surface area contributed by atoms with Crippen molar-refractivity contribution in [3.05, 3.63) is 23.8 Å². The van der Waals surface area contributed by atoms with Crippen molar-refractivity contribution in [1.82, 2.24) is 5.43 Å². The van der Waals surface area contributed by atoms with E-state index in [1.54, 1.807) is 25.2 Å². The predicted octanol–water partition coefficient (Wildman–Crippen LogP) is -0.355. The molecule has 1 heterocycles. The Labute approximate surface area is 91.9 Å². The number of nitrogens with zero attached hydrogens (tertiary/aromatic N) is 1.